The van der Waals surface area contributed by atoms with Crippen LogP contribution < -0.4 is 4.74 Å². The Kier molecular flexibility index (Phi) is 6.22. The van der Waals surface area contributed by atoms with Gasteiger partial charge in [-0.25, -0.2) is 14.3 Å². The van der Waals surface area contributed by atoms with Crippen LogP contribution in [0, 0.1) is 6.92 Å². The Bertz CT molecular complexity index is 1290. The Morgan fingerprint density at radius 1 is 0.788 bits per heavy atom. The quantitative estimate of drug-likeness (QED) is 0.381. The summed E-state index contributed by atoms with van der Waals surface area (Å²) in [6.45, 7) is 1.99. The van der Waals surface area contributed by atoms with Crippen LogP contribution in [0.25, 0.3) is 16.9 Å². The van der Waals surface area contributed by atoms with Gasteiger partial charge in [0.2, 0.25) is 0 Å². The topological polar surface area (TPSA) is 79.7 Å². The van der Waals surface area contributed by atoms with Gasteiger partial charge >= 0.3 is 11.9 Å². The van der Waals surface area contributed by atoms with Crippen molar-refractivity contribution in [2.45, 2.75) is 6.92 Å². The zero-order valence-corrected chi connectivity index (χ0v) is 18.4. The molecule has 0 amide bonds. The Hall–Kier alpha value is -4.39. The van der Waals surface area contributed by atoms with E-state index in [-0.39, 0.29) is 17.0 Å². The van der Waals surface area contributed by atoms with Gasteiger partial charge in [0.15, 0.2) is 5.69 Å². The first kappa shape index (κ1) is 21.8. The van der Waals surface area contributed by atoms with Crippen molar-refractivity contribution in [2.75, 3.05) is 14.2 Å². The molecule has 7 nitrogen and oxygen atoms in total. The fraction of sp³-hybridized carbons (Fsp3) is 0.115. The van der Waals surface area contributed by atoms with Crippen molar-refractivity contribution in [3.05, 3.63) is 95.7 Å². The van der Waals surface area contributed by atoms with Gasteiger partial charge in [0.1, 0.15) is 22.8 Å². The third-order valence-corrected chi connectivity index (χ3v) is 5.05. The minimum absolute atomic E-state index is 0.00633. The normalized spacial score (nSPS) is 10.5. The van der Waals surface area contributed by atoms with Crippen molar-refractivity contribution in [1.29, 1.82) is 0 Å². The van der Waals surface area contributed by atoms with E-state index in [1.165, 1.54) is 18.9 Å². The smallest absolute Gasteiger partial charge is 0.357 e. The summed E-state index contributed by atoms with van der Waals surface area (Å²) in [5.41, 5.74) is 2.43. The van der Waals surface area contributed by atoms with Gasteiger partial charge in [-0.3, -0.25) is 0 Å². The number of hydrogen-bond donors (Lipinski definition) is 0. The number of ether oxygens (including phenoxy) is 3. The van der Waals surface area contributed by atoms with E-state index in [4.69, 9.17) is 14.2 Å². The minimum Gasteiger partial charge on any atom is -0.465 e. The summed E-state index contributed by atoms with van der Waals surface area (Å²) in [4.78, 5) is 25.7. The van der Waals surface area contributed by atoms with Crippen molar-refractivity contribution in [3.63, 3.8) is 0 Å². The molecule has 0 fully saturated rings. The molecular formula is C26H22N2O5. The number of rotatable bonds is 6. The van der Waals surface area contributed by atoms with Gasteiger partial charge in [-0.1, -0.05) is 48.0 Å². The van der Waals surface area contributed by atoms with Crippen LogP contribution in [-0.2, 0) is 9.47 Å². The highest BCUT2D eigenvalue weighted by atomic mass is 16.5. The van der Waals surface area contributed by atoms with Crippen molar-refractivity contribution >= 4 is 11.9 Å². The van der Waals surface area contributed by atoms with Crippen LogP contribution in [0.2, 0.25) is 0 Å². The molecule has 0 aliphatic carbocycles. The Balaban J connectivity index is 1.95. The predicted molar refractivity (Wildman–Crippen MR) is 123 cm³/mol. The van der Waals surface area contributed by atoms with Crippen molar-refractivity contribution < 1.29 is 23.8 Å². The number of aryl methyl sites for hydroxylation is 1. The molecule has 7 heteroatoms. The van der Waals surface area contributed by atoms with Crippen LogP contribution in [-0.4, -0.2) is 35.9 Å². The van der Waals surface area contributed by atoms with Gasteiger partial charge in [-0.2, -0.15) is 5.10 Å². The molecule has 0 aliphatic rings. The molecule has 4 aromatic rings. The Morgan fingerprint density at radius 3 is 2.09 bits per heavy atom. The summed E-state index contributed by atoms with van der Waals surface area (Å²) in [5.74, 6) is -0.323. The predicted octanol–water partition coefficient (Wildman–Crippen LogP) is 5.21. The second-order valence-corrected chi connectivity index (χ2v) is 7.21. The molecule has 1 aromatic heterocycles. The Morgan fingerprint density at radius 2 is 1.42 bits per heavy atom. The number of esters is 2. The third kappa shape index (κ3) is 4.34. The van der Waals surface area contributed by atoms with E-state index >= 15 is 0 Å². The number of nitrogens with zero attached hydrogens (tertiary/aromatic N) is 2. The molecule has 1 heterocycles. The standard InChI is InChI=1S/C26H22N2O5/c1-17-13-15-19(16-14-17)33-21-12-8-7-11-20(21)23-22(25(29)31-2)24(26(30)32-3)28(27-23)18-9-5-4-6-10-18/h4-16H,1-3H3. The molecule has 0 aliphatic heterocycles. The maximum atomic E-state index is 12.9. The SMILES string of the molecule is COC(=O)c1c(-c2ccccc2Oc2ccc(C)cc2)nn(-c2ccccc2)c1C(=O)OC. The van der Waals surface area contributed by atoms with Crippen molar-refractivity contribution in [2.24, 2.45) is 0 Å². The van der Waals surface area contributed by atoms with Gasteiger partial charge in [0, 0.05) is 5.56 Å². The van der Waals surface area contributed by atoms with E-state index in [0.717, 1.165) is 5.56 Å². The largest absolute Gasteiger partial charge is 0.465 e. The number of hydrogen-bond acceptors (Lipinski definition) is 6. The minimum atomic E-state index is -0.713. The Labute approximate surface area is 191 Å². The van der Waals surface area contributed by atoms with Crippen LogP contribution in [0.15, 0.2) is 78.9 Å². The molecular weight excluding hydrogens is 420 g/mol. The molecule has 0 N–H and O–H groups in total. The lowest BCUT2D eigenvalue weighted by atomic mass is 10.0. The zero-order valence-electron chi connectivity index (χ0n) is 18.4. The van der Waals surface area contributed by atoms with Gasteiger partial charge in [-0.15, -0.1) is 0 Å². The van der Waals surface area contributed by atoms with Gasteiger partial charge in [0.25, 0.3) is 0 Å². The molecule has 3 aromatic carbocycles. The van der Waals surface area contributed by atoms with Crippen LogP contribution >= 0.6 is 0 Å². The van der Waals surface area contributed by atoms with E-state index in [1.807, 2.05) is 55.5 Å². The number of carbonyl (C=O) groups is 2. The average molecular weight is 442 g/mol. The molecule has 0 saturated heterocycles. The second-order valence-electron chi connectivity index (χ2n) is 7.21. The van der Waals surface area contributed by atoms with Crippen molar-refractivity contribution in [3.8, 4) is 28.4 Å². The van der Waals surface area contributed by atoms with Crippen LogP contribution in [0.1, 0.15) is 26.4 Å². The lowest BCUT2D eigenvalue weighted by Crippen LogP contribution is -2.15. The number of benzene rings is 3. The van der Waals surface area contributed by atoms with Crippen LogP contribution in [0.5, 0.6) is 11.5 Å². The van der Waals surface area contributed by atoms with Gasteiger partial charge < -0.3 is 14.2 Å². The molecule has 0 bridgehead atoms. The molecule has 4 rings (SSSR count). The van der Waals surface area contributed by atoms with Gasteiger partial charge in [-0.05, 0) is 43.3 Å². The summed E-state index contributed by atoms with van der Waals surface area (Å²) in [7, 11) is 2.50. The van der Waals surface area contributed by atoms with E-state index in [0.29, 0.717) is 22.7 Å². The molecule has 0 unspecified atom stereocenters. The fourth-order valence-electron chi connectivity index (χ4n) is 3.43. The summed E-state index contributed by atoms with van der Waals surface area (Å²) in [6, 6.07) is 23.8. The third-order valence-electron chi connectivity index (χ3n) is 5.05. The molecule has 33 heavy (non-hydrogen) atoms. The maximum Gasteiger partial charge on any atom is 0.357 e. The maximum absolute atomic E-state index is 12.9. The lowest BCUT2D eigenvalue weighted by Gasteiger charge is -2.11. The summed E-state index contributed by atoms with van der Waals surface area (Å²) in [5, 5.41) is 4.64. The van der Waals surface area contributed by atoms with E-state index in [2.05, 4.69) is 5.10 Å². The van der Waals surface area contributed by atoms with Gasteiger partial charge in [0.05, 0.1) is 19.9 Å². The fourth-order valence-corrected chi connectivity index (χ4v) is 3.43. The molecule has 0 radical (unpaired) electrons. The van der Waals surface area contributed by atoms with E-state index in [1.54, 1.807) is 30.3 Å². The lowest BCUT2D eigenvalue weighted by molar-refractivity contribution is 0.0549. The zero-order chi connectivity index (χ0) is 23.4. The monoisotopic (exact) mass is 442 g/mol. The first-order chi connectivity index (χ1) is 16.0. The first-order valence-corrected chi connectivity index (χ1v) is 10.2. The van der Waals surface area contributed by atoms with E-state index in [9.17, 15) is 9.59 Å². The molecule has 0 atom stereocenters. The van der Waals surface area contributed by atoms with E-state index < -0.39 is 11.9 Å². The average Bonchev–Trinajstić information content (AvgIpc) is 3.26. The summed E-state index contributed by atoms with van der Waals surface area (Å²) >= 11 is 0. The summed E-state index contributed by atoms with van der Waals surface area (Å²) in [6.07, 6.45) is 0. The molecule has 166 valence electrons. The first-order valence-electron chi connectivity index (χ1n) is 10.2. The highest BCUT2D eigenvalue weighted by Gasteiger charge is 2.32. The van der Waals surface area contributed by atoms with Crippen molar-refractivity contribution in [1.82, 2.24) is 9.78 Å². The molecule has 0 saturated carbocycles. The molecule has 0 spiro atoms. The number of carbonyl (C=O) groups excluding carboxylic acids is 2. The second kappa shape index (κ2) is 9.40. The summed E-state index contributed by atoms with van der Waals surface area (Å²) < 4.78 is 17.5. The number of para-hydroxylation sites is 2. The highest BCUT2D eigenvalue weighted by molar-refractivity contribution is 6.07. The van der Waals surface area contributed by atoms with Crippen LogP contribution in [0.3, 0.4) is 0 Å². The number of aromatic nitrogens is 2. The highest BCUT2D eigenvalue weighted by Crippen LogP contribution is 2.37. The number of methoxy groups -OCH3 is 2. The van der Waals surface area contributed by atoms with Crippen LogP contribution in [0.4, 0.5) is 0 Å².